The molecule has 22 heavy (non-hydrogen) atoms. The molecular weight excluding hydrogens is 270 g/mol. The molecule has 3 heteroatoms. The van der Waals surface area contributed by atoms with Crippen molar-refractivity contribution in [2.75, 3.05) is 0 Å². The maximum atomic E-state index is 4.77. The second-order valence-corrected chi connectivity index (χ2v) is 5.76. The molecule has 0 spiro atoms. The molecule has 0 saturated carbocycles. The number of nitrogens with zero attached hydrogens (tertiary/aromatic N) is 3. The van der Waals surface area contributed by atoms with Gasteiger partial charge in [0.05, 0.1) is 28.4 Å². The minimum absolute atomic E-state index is 0.981. The normalized spacial score (nSPS) is 11.4. The van der Waals surface area contributed by atoms with Gasteiger partial charge in [-0.25, -0.2) is 9.97 Å². The molecule has 2 aromatic heterocycles. The molecule has 0 N–H and O–H groups in total. The average Bonchev–Trinajstić information content (AvgIpc) is 2.95. The highest BCUT2D eigenvalue weighted by atomic mass is 15.0. The molecule has 3 nitrogen and oxygen atoms in total. The first-order valence-corrected chi connectivity index (χ1v) is 7.46. The van der Waals surface area contributed by atoms with Crippen LogP contribution < -0.4 is 0 Å². The number of fused-ring (bicyclic) bond motifs is 3. The number of aryl methyl sites for hydroxylation is 3. The molecule has 2 heterocycles. The van der Waals surface area contributed by atoms with E-state index in [2.05, 4.69) is 65.7 Å². The molecule has 0 amide bonds. The maximum Gasteiger partial charge on any atom is 0.145 e. The predicted molar refractivity (Wildman–Crippen MR) is 90.1 cm³/mol. The molecule has 4 aromatic rings. The minimum Gasteiger partial charge on any atom is -0.289 e. The molecule has 0 bridgehead atoms. The first kappa shape index (κ1) is 13.0. The van der Waals surface area contributed by atoms with Gasteiger partial charge in [-0.2, -0.15) is 0 Å². The van der Waals surface area contributed by atoms with E-state index in [4.69, 9.17) is 4.98 Å². The van der Waals surface area contributed by atoms with E-state index in [0.717, 1.165) is 33.6 Å². The average molecular weight is 287 g/mol. The number of hydrogen-bond donors (Lipinski definition) is 0. The Hall–Kier alpha value is -2.68. The Balaban J connectivity index is 2.21. The summed E-state index contributed by atoms with van der Waals surface area (Å²) in [4.78, 5) is 9.46. The fraction of sp³-hybridized carbons (Fsp3) is 0.158. The van der Waals surface area contributed by atoms with Crippen molar-refractivity contribution in [1.82, 2.24) is 14.4 Å². The van der Waals surface area contributed by atoms with Crippen LogP contribution in [0.25, 0.3) is 27.9 Å². The van der Waals surface area contributed by atoms with E-state index >= 15 is 0 Å². The number of para-hydroxylation sites is 1. The second-order valence-electron chi connectivity index (χ2n) is 5.76. The Morgan fingerprint density at radius 2 is 1.59 bits per heavy atom. The van der Waals surface area contributed by atoms with Gasteiger partial charge < -0.3 is 0 Å². The Morgan fingerprint density at radius 3 is 2.41 bits per heavy atom. The highest BCUT2D eigenvalue weighted by Crippen LogP contribution is 2.28. The van der Waals surface area contributed by atoms with Crippen LogP contribution in [0.2, 0.25) is 0 Å². The first-order valence-electron chi connectivity index (χ1n) is 7.46. The minimum atomic E-state index is 0.981. The fourth-order valence-corrected chi connectivity index (χ4v) is 3.06. The van der Waals surface area contributed by atoms with Gasteiger partial charge in [0, 0.05) is 5.56 Å². The lowest BCUT2D eigenvalue weighted by atomic mass is 10.1. The van der Waals surface area contributed by atoms with Gasteiger partial charge in [-0.15, -0.1) is 0 Å². The molecule has 4 rings (SSSR count). The summed E-state index contributed by atoms with van der Waals surface area (Å²) < 4.78 is 2.23. The van der Waals surface area contributed by atoms with Crippen molar-refractivity contribution in [1.29, 1.82) is 0 Å². The maximum absolute atomic E-state index is 4.77. The molecular formula is C19H17N3. The lowest BCUT2D eigenvalue weighted by Gasteiger charge is -2.10. The first-order chi connectivity index (χ1) is 10.7. The van der Waals surface area contributed by atoms with Crippen molar-refractivity contribution in [2.45, 2.75) is 20.8 Å². The SMILES string of the molecule is Cc1ccccc1-c1ncc2c(C)nc3c(C)cccc3n12. The molecule has 0 aliphatic rings. The van der Waals surface area contributed by atoms with Gasteiger partial charge in [0.15, 0.2) is 0 Å². The van der Waals surface area contributed by atoms with Crippen molar-refractivity contribution in [2.24, 2.45) is 0 Å². The van der Waals surface area contributed by atoms with Crippen molar-refractivity contribution < 1.29 is 0 Å². The Kier molecular flexibility index (Phi) is 2.76. The molecule has 0 saturated heterocycles. The summed E-state index contributed by atoms with van der Waals surface area (Å²) in [5.74, 6) is 0.981. The van der Waals surface area contributed by atoms with Crippen LogP contribution >= 0.6 is 0 Å². The summed E-state index contributed by atoms with van der Waals surface area (Å²) in [5.41, 5.74) is 7.80. The standard InChI is InChI=1S/C19H17N3/c1-12-7-4-5-9-15(12)19-20-11-17-14(3)21-18-13(2)8-6-10-16(18)22(17)19/h4-11H,1-3H3. The van der Waals surface area contributed by atoms with E-state index < -0.39 is 0 Å². The summed E-state index contributed by atoms with van der Waals surface area (Å²) in [6, 6.07) is 14.7. The molecule has 108 valence electrons. The number of rotatable bonds is 1. The number of aromatic nitrogens is 3. The van der Waals surface area contributed by atoms with Crippen LogP contribution in [0.3, 0.4) is 0 Å². The van der Waals surface area contributed by atoms with Crippen LogP contribution in [-0.4, -0.2) is 14.4 Å². The van der Waals surface area contributed by atoms with Gasteiger partial charge in [-0.05, 0) is 38.0 Å². The van der Waals surface area contributed by atoms with Gasteiger partial charge in [0.25, 0.3) is 0 Å². The van der Waals surface area contributed by atoms with E-state index in [1.54, 1.807) is 0 Å². The zero-order valence-electron chi connectivity index (χ0n) is 13.0. The topological polar surface area (TPSA) is 30.2 Å². The highest BCUT2D eigenvalue weighted by Gasteiger charge is 2.14. The summed E-state index contributed by atoms with van der Waals surface area (Å²) in [6.07, 6.45) is 1.92. The molecule has 0 atom stereocenters. The van der Waals surface area contributed by atoms with Crippen molar-refractivity contribution in [3.8, 4) is 11.4 Å². The second kappa shape index (κ2) is 4.67. The van der Waals surface area contributed by atoms with Crippen LogP contribution in [0.15, 0.2) is 48.7 Å². The highest BCUT2D eigenvalue weighted by molar-refractivity contribution is 5.85. The summed E-state index contributed by atoms with van der Waals surface area (Å²) >= 11 is 0. The Bertz CT molecular complexity index is 1010. The number of imidazole rings is 1. The van der Waals surface area contributed by atoms with Crippen LogP contribution in [0.5, 0.6) is 0 Å². The van der Waals surface area contributed by atoms with E-state index in [1.165, 1.54) is 11.1 Å². The molecule has 0 aliphatic heterocycles. The third kappa shape index (κ3) is 1.75. The lowest BCUT2D eigenvalue weighted by Crippen LogP contribution is -1.99. The summed E-state index contributed by atoms with van der Waals surface area (Å²) in [5, 5.41) is 0. The molecule has 0 unspecified atom stereocenters. The largest absolute Gasteiger partial charge is 0.289 e. The summed E-state index contributed by atoms with van der Waals surface area (Å²) in [7, 11) is 0. The fourth-order valence-electron chi connectivity index (χ4n) is 3.06. The van der Waals surface area contributed by atoms with Crippen molar-refractivity contribution >= 4 is 16.6 Å². The lowest BCUT2D eigenvalue weighted by molar-refractivity contribution is 1.15. The van der Waals surface area contributed by atoms with Crippen LogP contribution in [0.1, 0.15) is 16.8 Å². The Labute approximate surface area is 129 Å². The van der Waals surface area contributed by atoms with E-state index in [0.29, 0.717) is 0 Å². The van der Waals surface area contributed by atoms with E-state index in [-0.39, 0.29) is 0 Å². The molecule has 0 aliphatic carbocycles. The summed E-state index contributed by atoms with van der Waals surface area (Å²) in [6.45, 7) is 6.27. The van der Waals surface area contributed by atoms with E-state index in [1.807, 2.05) is 13.1 Å². The van der Waals surface area contributed by atoms with Gasteiger partial charge in [-0.1, -0.05) is 36.4 Å². The third-order valence-corrected chi connectivity index (χ3v) is 4.26. The van der Waals surface area contributed by atoms with Crippen LogP contribution in [-0.2, 0) is 0 Å². The van der Waals surface area contributed by atoms with Crippen molar-refractivity contribution in [3.63, 3.8) is 0 Å². The zero-order valence-corrected chi connectivity index (χ0v) is 13.0. The van der Waals surface area contributed by atoms with Gasteiger partial charge in [0.2, 0.25) is 0 Å². The third-order valence-electron chi connectivity index (χ3n) is 4.26. The van der Waals surface area contributed by atoms with E-state index in [9.17, 15) is 0 Å². The van der Waals surface area contributed by atoms with Crippen LogP contribution in [0, 0.1) is 20.8 Å². The van der Waals surface area contributed by atoms with Gasteiger partial charge in [0.1, 0.15) is 5.82 Å². The molecule has 0 fully saturated rings. The quantitative estimate of drug-likeness (QED) is 0.517. The van der Waals surface area contributed by atoms with Crippen molar-refractivity contribution in [3.05, 3.63) is 65.5 Å². The monoisotopic (exact) mass is 287 g/mol. The predicted octanol–water partition coefficient (Wildman–Crippen LogP) is 4.47. The zero-order chi connectivity index (χ0) is 15.3. The smallest absolute Gasteiger partial charge is 0.145 e. The van der Waals surface area contributed by atoms with Gasteiger partial charge >= 0.3 is 0 Å². The van der Waals surface area contributed by atoms with Gasteiger partial charge in [-0.3, -0.25) is 4.40 Å². The number of benzene rings is 2. The molecule has 2 aromatic carbocycles. The number of hydrogen-bond acceptors (Lipinski definition) is 2. The Morgan fingerprint density at radius 1 is 0.818 bits per heavy atom. The van der Waals surface area contributed by atoms with Crippen LogP contribution in [0.4, 0.5) is 0 Å². The molecule has 0 radical (unpaired) electrons.